The lowest BCUT2D eigenvalue weighted by Crippen LogP contribution is -2.27. The van der Waals surface area contributed by atoms with Gasteiger partial charge in [0, 0.05) is 15.6 Å². The third-order valence-corrected chi connectivity index (χ3v) is 7.03. The van der Waals surface area contributed by atoms with Gasteiger partial charge in [-0.25, -0.2) is 4.79 Å². The number of imide groups is 1. The predicted molar refractivity (Wildman–Crippen MR) is 145 cm³/mol. The van der Waals surface area contributed by atoms with Crippen molar-refractivity contribution in [3.05, 3.63) is 85.1 Å². The van der Waals surface area contributed by atoms with Crippen molar-refractivity contribution in [2.24, 2.45) is 0 Å². The standard InChI is InChI=1S/C26H20Cl3NO7S/c1-3-35-21-9-14(8-19(29)23(21)36-13-15-4-5-16(27)11-18(15)28)10-22-24(31)30(26(33)38-22)12-17-6-7-20(37-17)25(32)34-2/h4-11H,3,12-13H2,1-2H3/b22-10+. The van der Waals surface area contributed by atoms with Gasteiger partial charge in [0.25, 0.3) is 11.1 Å². The number of benzene rings is 2. The lowest BCUT2D eigenvalue weighted by atomic mass is 10.1. The number of nitrogens with zero attached hydrogens (tertiary/aromatic N) is 1. The van der Waals surface area contributed by atoms with Crippen molar-refractivity contribution in [3.63, 3.8) is 0 Å². The Labute approximate surface area is 237 Å². The topological polar surface area (TPSA) is 95.3 Å². The van der Waals surface area contributed by atoms with Crippen molar-refractivity contribution in [3.8, 4) is 11.5 Å². The van der Waals surface area contributed by atoms with Gasteiger partial charge in [0.05, 0.1) is 30.2 Å². The minimum absolute atomic E-state index is 0.0243. The number of furan rings is 1. The molecule has 0 unspecified atom stereocenters. The lowest BCUT2D eigenvalue weighted by molar-refractivity contribution is -0.123. The number of thioether (sulfide) groups is 1. The number of hydrogen-bond donors (Lipinski definition) is 0. The minimum atomic E-state index is -0.657. The molecular formula is C26H20Cl3NO7S. The van der Waals surface area contributed by atoms with Crippen LogP contribution in [0.2, 0.25) is 15.1 Å². The number of carbonyl (C=O) groups excluding carboxylic acids is 3. The maximum atomic E-state index is 13.0. The summed E-state index contributed by atoms with van der Waals surface area (Å²) >= 11 is 19.5. The van der Waals surface area contributed by atoms with Gasteiger partial charge in [-0.1, -0.05) is 40.9 Å². The van der Waals surface area contributed by atoms with Crippen LogP contribution in [0.25, 0.3) is 6.08 Å². The second kappa shape index (κ2) is 12.2. The van der Waals surface area contributed by atoms with E-state index in [2.05, 4.69) is 4.74 Å². The van der Waals surface area contributed by atoms with Gasteiger partial charge in [-0.3, -0.25) is 14.5 Å². The molecule has 0 saturated carbocycles. The first kappa shape index (κ1) is 27.9. The Morgan fingerprint density at radius 1 is 1.05 bits per heavy atom. The number of methoxy groups -OCH3 is 1. The number of esters is 1. The number of hydrogen-bond acceptors (Lipinski definition) is 8. The average molecular weight is 597 g/mol. The molecule has 1 saturated heterocycles. The summed E-state index contributed by atoms with van der Waals surface area (Å²) in [4.78, 5) is 38.3. The highest BCUT2D eigenvalue weighted by Gasteiger charge is 2.36. The minimum Gasteiger partial charge on any atom is -0.490 e. The monoisotopic (exact) mass is 595 g/mol. The van der Waals surface area contributed by atoms with Crippen molar-refractivity contribution in [2.45, 2.75) is 20.1 Å². The van der Waals surface area contributed by atoms with Crippen molar-refractivity contribution in [1.82, 2.24) is 4.90 Å². The summed E-state index contributed by atoms with van der Waals surface area (Å²) in [6.45, 7) is 2.14. The van der Waals surface area contributed by atoms with E-state index in [0.717, 1.165) is 16.7 Å². The molecule has 2 aromatic carbocycles. The van der Waals surface area contributed by atoms with Gasteiger partial charge in [0.1, 0.15) is 12.4 Å². The zero-order valence-electron chi connectivity index (χ0n) is 20.1. The van der Waals surface area contributed by atoms with Gasteiger partial charge < -0.3 is 18.6 Å². The first-order valence-electron chi connectivity index (χ1n) is 11.2. The molecule has 0 bridgehead atoms. The van der Waals surface area contributed by atoms with E-state index >= 15 is 0 Å². The molecule has 3 aromatic rings. The van der Waals surface area contributed by atoms with Gasteiger partial charge in [-0.05, 0) is 66.7 Å². The molecule has 4 rings (SSSR count). The number of carbonyl (C=O) groups is 3. The van der Waals surface area contributed by atoms with Crippen LogP contribution in [-0.4, -0.2) is 35.7 Å². The van der Waals surface area contributed by atoms with E-state index in [-0.39, 0.29) is 34.6 Å². The third-order valence-electron chi connectivity index (χ3n) is 5.25. The second-order valence-electron chi connectivity index (χ2n) is 7.81. The molecule has 1 aliphatic heterocycles. The van der Waals surface area contributed by atoms with E-state index in [1.54, 1.807) is 36.4 Å². The molecule has 8 nitrogen and oxygen atoms in total. The summed E-state index contributed by atoms with van der Waals surface area (Å²) in [5, 5.41) is 0.733. The smallest absolute Gasteiger partial charge is 0.373 e. The largest absolute Gasteiger partial charge is 0.490 e. The molecule has 0 aliphatic carbocycles. The quantitative estimate of drug-likeness (QED) is 0.188. The molecule has 1 fully saturated rings. The second-order valence-corrected chi connectivity index (χ2v) is 10.1. The molecule has 12 heteroatoms. The van der Waals surface area contributed by atoms with Crippen LogP contribution in [0.5, 0.6) is 11.5 Å². The third kappa shape index (κ3) is 6.30. The molecular weight excluding hydrogens is 577 g/mol. The molecule has 2 amide bonds. The molecule has 1 aliphatic rings. The van der Waals surface area contributed by atoms with Crippen LogP contribution in [0.4, 0.5) is 4.79 Å². The zero-order chi connectivity index (χ0) is 27.4. The molecule has 2 heterocycles. The van der Waals surface area contributed by atoms with E-state index in [1.807, 2.05) is 6.92 Å². The van der Waals surface area contributed by atoms with Crippen LogP contribution in [0.15, 0.2) is 51.8 Å². The maximum Gasteiger partial charge on any atom is 0.373 e. The van der Waals surface area contributed by atoms with Gasteiger partial charge >= 0.3 is 5.97 Å². The van der Waals surface area contributed by atoms with E-state index in [9.17, 15) is 14.4 Å². The Balaban J connectivity index is 1.53. The fraction of sp³-hybridized carbons (Fsp3) is 0.192. The maximum absolute atomic E-state index is 13.0. The van der Waals surface area contributed by atoms with Crippen molar-refractivity contribution in [1.29, 1.82) is 0 Å². The van der Waals surface area contributed by atoms with Gasteiger partial charge in [0.15, 0.2) is 11.5 Å². The first-order chi connectivity index (χ1) is 18.2. The van der Waals surface area contributed by atoms with E-state index in [4.69, 9.17) is 48.7 Å². The van der Waals surface area contributed by atoms with Crippen LogP contribution in [0.3, 0.4) is 0 Å². The number of halogens is 3. The first-order valence-corrected chi connectivity index (χ1v) is 13.1. The molecule has 0 N–H and O–H groups in total. The average Bonchev–Trinajstić information content (AvgIpc) is 3.45. The highest BCUT2D eigenvalue weighted by Crippen LogP contribution is 2.40. The van der Waals surface area contributed by atoms with Crippen LogP contribution in [0.1, 0.15) is 34.4 Å². The van der Waals surface area contributed by atoms with Gasteiger partial charge in [-0.2, -0.15) is 0 Å². The van der Waals surface area contributed by atoms with Gasteiger partial charge in [0.2, 0.25) is 5.76 Å². The highest BCUT2D eigenvalue weighted by atomic mass is 35.5. The molecule has 38 heavy (non-hydrogen) atoms. The zero-order valence-corrected chi connectivity index (χ0v) is 23.2. The van der Waals surface area contributed by atoms with Gasteiger partial charge in [-0.15, -0.1) is 0 Å². The van der Waals surface area contributed by atoms with E-state index < -0.39 is 17.1 Å². The molecule has 0 atom stereocenters. The van der Waals surface area contributed by atoms with E-state index in [1.165, 1.54) is 19.2 Å². The Hall–Kier alpha value is -3.11. The lowest BCUT2D eigenvalue weighted by Gasteiger charge is -2.15. The molecule has 198 valence electrons. The summed E-state index contributed by atoms with van der Waals surface area (Å²) < 4.78 is 21.6. The summed E-state index contributed by atoms with van der Waals surface area (Å²) in [5.74, 6) is -0.258. The number of amides is 2. The normalized spacial score (nSPS) is 14.3. The summed E-state index contributed by atoms with van der Waals surface area (Å²) in [6.07, 6.45) is 1.54. The van der Waals surface area contributed by atoms with Crippen molar-refractivity contribution < 1.29 is 33.0 Å². The van der Waals surface area contributed by atoms with Crippen molar-refractivity contribution in [2.75, 3.05) is 13.7 Å². The Kier molecular flexibility index (Phi) is 8.94. The van der Waals surface area contributed by atoms with E-state index in [0.29, 0.717) is 39.3 Å². The SMILES string of the molecule is CCOc1cc(/C=C2/SC(=O)N(Cc3ccc(C(=O)OC)o3)C2=O)cc(Cl)c1OCc1ccc(Cl)cc1Cl. The summed E-state index contributed by atoms with van der Waals surface area (Å²) in [6, 6.07) is 11.3. The fourth-order valence-corrected chi connectivity index (χ4v) is 5.05. The van der Waals surface area contributed by atoms with Crippen molar-refractivity contribution >= 4 is 69.8 Å². The van der Waals surface area contributed by atoms with Crippen LogP contribution in [0, 0.1) is 0 Å². The fourth-order valence-electron chi connectivity index (χ4n) is 3.48. The molecule has 0 radical (unpaired) electrons. The Bertz CT molecular complexity index is 1440. The number of rotatable bonds is 9. The van der Waals surface area contributed by atoms with Crippen LogP contribution in [-0.2, 0) is 22.7 Å². The molecule has 0 spiro atoms. The highest BCUT2D eigenvalue weighted by molar-refractivity contribution is 8.18. The number of ether oxygens (including phenoxy) is 3. The predicted octanol–water partition coefficient (Wildman–Crippen LogP) is 7.24. The molecule has 1 aromatic heterocycles. The Morgan fingerprint density at radius 3 is 2.55 bits per heavy atom. The van der Waals surface area contributed by atoms with Crippen LogP contribution < -0.4 is 9.47 Å². The Morgan fingerprint density at radius 2 is 1.84 bits per heavy atom. The summed E-state index contributed by atoms with van der Waals surface area (Å²) in [5.41, 5.74) is 1.24. The summed E-state index contributed by atoms with van der Waals surface area (Å²) in [7, 11) is 1.23. The van der Waals surface area contributed by atoms with Crippen LogP contribution >= 0.6 is 46.6 Å².